The Labute approximate surface area is 173 Å². The lowest BCUT2D eigenvalue weighted by Crippen LogP contribution is -2.04. The van der Waals surface area contributed by atoms with Gasteiger partial charge in [0.25, 0.3) is 0 Å². The van der Waals surface area contributed by atoms with Crippen LogP contribution in [0.4, 0.5) is 0 Å². The first kappa shape index (κ1) is 18.1. The van der Waals surface area contributed by atoms with Crippen LogP contribution in [0.1, 0.15) is 17.0 Å². The van der Waals surface area contributed by atoms with Gasteiger partial charge in [-0.05, 0) is 55.3 Å². The molecular formula is C23H20N6O. The Morgan fingerprint density at radius 3 is 2.67 bits per heavy atom. The first-order valence-corrected chi connectivity index (χ1v) is 9.69. The van der Waals surface area contributed by atoms with Crippen molar-refractivity contribution >= 4 is 5.65 Å². The summed E-state index contributed by atoms with van der Waals surface area (Å²) in [6.07, 6.45) is 1.54. The Bertz CT molecular complexity index is 1340. The number of benzene rings is 2. The third kappa shape index (κ3) is 3.30. The topological polar surface area (TPSA) is 70.1 Å². The van der Waals surface area contributed by atoms with Crippen molar-refractivity contribution in [3.8, 4) is 23.0 Å². The summed E-state index contributed by atoms with van der Waals surface area (Å²) in [7, 11) is 0. The second-order valence-electron chi connectivity index (χ2n) is 7.10. The van der Waals surface area contributed by atoms with Crippen molar-refractivity contribution in [2.24, 2.45) is 0 Å². The number of rotatable bonds is 5. The monoisotopic (exact) mass is 396 g/mol. The molecule has 0 N–H and O–H groups in total. The summed E-state index contributed by atoms with van der Waals surface area (Å²) in [5.74, 6) is 2.09. The zero-order chi connectivity index (χ0) is 20.5. The van der Waals surface area contributed by atoms with E-state index in [1.165, 1.54) is 6.33 Å². The van der Waals surface area contributed by atoms with Crippen molar-refractivity contribution in [1.29, 1.82) is 0 Å². The van der Waals surface area contributed by atoms with Gasteiger partial charge in [-0.15, -0.1) is 5.10 Å². The highest BCUT2D eigenvalue weighted by Gasteiger charge is 2.17. The van der Waals surface area contributed by atoms with Gasteiger partial charge in [0.1, 0.15) is 24.4 Å². The minimum atomic E-state index is 0.268. The lowest BCUT2D eigenvalue weighted by molar-refractivity contribution is 0.294. The van der Waals surface area contributed by atoms with Gasteiger partial charge in [-0.1, -0.05) is 36.4 Å². The molecule has 148 valence electrons. The number of nitrogens with zero attached hydrogens (tertiary/aromatic N) is 6. The third-order valence-corrected chi connectivity index (χ3v) is 4.88. The number of para-hydroxylation sites is 1. The van der Waals surface area contributed by atoms with Crippen molar-refractivity contribution < 1.29 is 4.74 Å². The van der Waals surface area contributed by atoms with Gasteiger partial charge in [0.15, 0.2) is 17.3 Å². The minimum absolute atomic E-state index is 0.268. The Morgan fingerprint density at radius 1 is 0.933 bits per heavy atom. The van der Waals surface area contributed by atoms with Crippen molar-refractivity contribution in [1.82, 2.24) is 29.4 Å². The fourth-order valence-corrected chi connectivity index (χ4v) is 3.40. The fourth-order valence-electron chi connectivity index (χ4n) is 3.40. The van der Waals surface area contributed by atoms with Crippen LogP contribution in [-0.2, 0) is 6.61 Å². The van der Waals surface area contributed by atoms with E-state index in [1.54, 1.807) is 4.52 Å². The smallest absolute Gasteiger partial charge is 0.189 e. The molecule has 0 radical (unpaired) electrons. The Morgan fingerprint density at radius 2 is 1.80 bits per heavy atom. The third-order valence-electron chi connectivity index (χ3n) is 4.88. The summed E-state index contributed by atoms with van der Waals surface area (Å²) in [5.41, 5.74) is 4.70. The molecule has 0 aliphatic heterocycles. The Balaban J connectivity index is 1.60. The van der Waals surface area contributed by atoms with Gasteiger partial charge in [0.05, 0.1) is 5.69 Å². The summed E-state index contributed by atoms with van der Waals surface area (Å²) in [4.78, 5) is 9.08. The maximum absolute atomic E-state index is 5.99. The molecule has 0 saturated heterocycles. The zero-order valence-corrected chi connectivity index (χ0v) is 16.7. The number of hydrogen-bond donors (Lipinski definition) is 0. The predicted molar refractivity (Wildman–Crippen MR) is 114 cm³/mol. The summed E-state index contributed by atoms with van der Waals surface area (Å²) < 4.78 is 9.59. The van der Waals surface area contributed by atoms with Crippen LogP contribution in [0.25, 0.3) is 22.9 Å². The molecule has 0 bridgehead atoms. The van der Waals surface area contributed by atoms with Crippen LogP contribution < -0.4 is 4.74 Å². The molecule has 0 spiro atoms. The van der Waals surface area contributed by atoms with Crippen LogP contribution in [0.5, 0.6) is 5.75 Å². The number of hydrogen-bond acceptors (Lipinski definition) is 5. The van der Waals surface area contributed by atoms with Crippen LogP contribution in [0.15, 0.2) is 73.1 Å². The van der Waals surface area contributed by atoms with Gasteiger partial charge in [-0.3, -0.25) is 0 Å². The van der Waals surface area contributed by atoms with E-state index < -0.39 is 0 Å². The van der Waals surface area contributed by atoms with Crippen LogP contribution in [0.2, 0.25) is 0 Å². The SMILES string of the molecule is Cc1cccc(-n2nc(COc3ccccc3C)nc2-c2cccc3ncnn23)c1. The molecule has 5 aromatic rings. The number of ether oxygens (including phenoxy) is 1. The Kier molecular flexibility index (Phi) is 4.48. The summed E-state index contributed by atoms with van der Waals surface area (Å²) in [6, 6.07) is 21.9. The molecule has 5 rings (SSSR count). The lowest BCUT2D eigenvalue weighted by atomic mass is 10.2. The van der Waals surface area contributed by atoms with Crippen LogP contribution in [0.3, 0.4) is 0 Å². The molecular weight excluding hydrogens is 376 g/mol. The minimum Gasteiger partial charge on any atom is -0.485 e. The van der Waals surface area contributed by atoms with Gasteiger partial charge in [-0.25, -0.2) is 19.2 Å². The normalized spacial score (nSPS) is 11.1. The first-order chi connectivity index (χ1) is 14.7. The molecule has 0 aliphatic rings. The van der Waals surface area contributed by atoms with E-state index in [4.69, 9.17) is 14.8 Å². The molecule has 30 heavy (non-hydrogen) atoms. The van der Waals surface area contributed by atoms with E-state index in [0.717, 1.165) is 33.9 Å². The maximum Gasteiger partial charge on any atom is 0.189 e. The molecule has 2 aromatic carbocycles. The molecule has 0 aliphatic carbocycles. The van der Waals surface area contributed by atoms with Crippen LogP contribution in [0, 0.1) is 13.8 Å². The number of aromatic nitrogens is 6. The van der Waals surface area contributed by atoms with Crippen molar-refractivity contribution in [3.05, 3.63) is 90.0 Å². The average Bonchev–Trinajstić information content (AvgIpc) is 3.40. The van der Waals surface area contributed by atoms with Gasteiger partial charge in [-0.2, -0.15) is 5.10 Å². The van der Waals surface area contributed by atoms with Gasteiger partial charge < -0.3 is 4.74 Å². The van der Waals surface area contributed by atoms with Crippen molar-refractivity contribution in [3.63, 3.8) is 0 Å². The van der Waals surface area contributed by atoms with E-state index >= 15 is 0 Å². The van der Waals surface area contributed by atoms with Gasteiger partial charge >= 0.3 is 0 Å². The molecule has 0 fully saturated rings. The predicted octanol–water partition coefficient (Wildman–Crippen LogP) is 4.17. The highest BCUT2D eigenvalue weighted by atomic mass is 16.5. The van der Waals surface area contributed by atoms with E-state index in [1.807, 2.05) is 66.2 Å². The highest BCUT2D eigenvalue weighted by Crippen LogP contribution is 2.23. The van der Waals surface area contributed by atoms with Crippen LogP contribution >= 0.6 is 0 Å². The van der Waals surface area contributed by atoms with Crippen molar-refractivity contribution in [2.75, 3.05) is 0 Å². The lowest BCUT2D eigenvalue weighted by Gasteiger charge is -2.08. The zero-order valence-electron chi connectivity index (χ0n) is 16.7. The van der Waals surface area contributed by atoms with Gasteiger partial charge in [0, 0.05) is 0 Å². The molecule has 7 heteroatoms. The van der Waals surface area contributed by atoms with E-state index in [9.17, 15) is 0 Å². The molecule has 3 heterocycles. The second-order valence-corrected chi connectivity index (χ2v) is 7.10. The largest absolute Gasteiger partial charge is 0.485 e. The molecule has 0 saturated carbocycles. The average molecular weight is 396 g/mol. The van der Waals surface area contributed by atoms with E-state index in [0.29, 0.717) is 11.6 Å². The first-order valence-electron chi connectivity index (χ1n) is 9.69. The number of fused-ring (bicyclic) bond motifs is 1. The highest BCUT2D eigenvalue weighted by molar-refractivity contribution is 5.58. The van der Waals surface area contributed by atoms with E-state index in [-0.39, 0.29) is 6.61 Å². The maximum atomic E-state index is 5.99. The Hall–Kier alpha value is -4.00. The number of pyridine rings is 1. The summed E-state index contributed by atoms with van der Waals surface area (Å²) in [5, 5.41) is 9.11. The quantitative estimate of drug-likeness (QED) is 0.446. The summed E-state index contributed by atoms with van der Waals surface area (Å²) >= 11 is 0. The summed E-state index contributed by atoms with van der Waals surface area (Å²) in [6.45, 7) is 4.34. The molecule has 0 unspecified atom stereocenters. The molecule has 7 nitrogen and oxygen atoms in total. The fraction of sp³-hybridized carbons (Fsp3) is 0.130. The van der Waals surface area contributed by atoms with E-state index in [2.05, 4.69) is 29.1 Å². The van der Waals surface area contributed by atoms with Crippen LogP contribution in [-0.4, -0.2) is 29.4 Å². The molecule has 0 amide bonds. The van der Waals surface area contributed by atoms with Crippen molar-refractivity contribution in [2.45, 2.75) is 20.5 Å². The second kappa shape index (κ2) is 7.44. The standard InChI is InChI=1S/C23H20N6O/c1-16-7-5-9-18(13-16)28-23(19-10-6-12-22-24-15-25-29(19)22)26-21(27-28)14-30-20-11-4-3-8-17(20)2/h3-13,15H,14H2,1-2H3. The number of aryl methyl sites for hydroxylation is 2. The molecule has 0 atom stereocenters. The van der Waals surface area contributed by atoms with Gasteiger partial charge in [0.2, 0.25) is 0 Å². The molecule has 3 aromatic heterocycles.